The van der Waals surface area contributed by atoms with Crippen LogP contribution in [0.2, 0.25) is 0 Å². The lowest BCUT2D eigenvalue weighted by Gasteiger charge is -2.32. The number of rotatable bonds is 3. The molecule has 96 valence electrons. The summed E-state index contributed by atoms with van der Waals surface area (Å²) < 4.78 is 37.0. The van der Waals surface area contributed by atoms with Crippen molar-refractivity contribution in [3.05, 3.63) is 17.0 Å². The molecule has 2 nitrogen and oxygen atoms in total. The molecule has 0 saturated carbocycles. The van der Waals surface area contributed by atoms with Crippen LogP contribution in [0.4, 0.5) is 12.9 Å². The van der Waals surface area contributed by atoms with Crippen molar-refractivity contribution < 1.29 is 12.9 Å². The zero-order chi connectivity index (χ0) is 12.5. The molecular weight excluding hydrogens is 248 g/mol. The number of likely N-dealkylation sites (N-methyl/N-ethyl adjacent to an activating group) is 1. The maximum absolute atomic E-state index is 12.5. The van der Waals surface area contributed by atoms with E-state index in [1.54, 1.807) is 6.07 Å². The van der Waals surface area contributed by atoms with Crippen LogP contribution >= 0.6 is 11.3 Å². The first-order chi connectivity index (χ1) is 7.95. The van der Waals surface area contributed by atoms with Crippen LogP contribution in [0.3, 0.4) is 0 Å². The van der Waals surface area contributed by atoms with Gasteiger partial charge in [-0.2, -0.15) is 11.3 Å². The monoisotopic (exact) mass is 263 g/mol. The summed E-state index contributed by atoms with van der Waals surface area (Å²) in [5.41, 5.74) is 0. The fourth-order valence-electron chi connectivity index (χ4n) is 1.88. The third-order valence-electron chi connectivity index (χ3n) is 2.98. The Balaban J connectivity index is 1.93. The first kappa shape index (κ1) is 12.9. The molecule has 17 heavy (non-hydrogen) atoms. The largest absolute Gasteiger partial charge is 0.519 e. The molecule has 1 aromatic heterocycles. The predicted molar refractivity (Wildman–Crippen MR) is 65.8 cm³/mol. The molecule has 0 N–H and O–H groups in total. The lowest BCUT2D eigenvalue weighted by molar-refractivity contribution is 0.149. The van der Waals surface area contributed by atoms with Gasteiger partial charge >= 0.3 is 6.98 Å². The molecule has 2 rings (SSSR count). The van der Waals surface area contributed by atoms with Gasteiger partial charge in [-0.15, -0.1) is 0 Å². The van der Waals surface area contributed by atoms with Crippen LogP contribution in [0.25, 0.3) is 0 Å². The van der Waals surface area contributed by atoms with Crippen LogP contribution in [-0.2, 0) is 6.54 Å². The van der Waals surface area contributed by atoms with E-state index in [-0.39, 0.29) is 0 Å². The molecular formula is C10H15BF3N2S-. The van der Waals surface area contributed by atoms with Gasteiger partial charge in [0.05, 0.1) is 0 Å². The molecule has 0 spiro atoms. The molecule has 0 radical (unpaired) electrons. The summed E-state index contributed by atoms with van der Waals surface area (Å²) in [6, 6.07) is 2.81. The van der Waals surface area contributed by atoms with Gasteiger partial charge < -0.3 is 17.8 Å². The Morgan fingerprint density at radius 1 is 1.18 bits per heavy atom. The fourth-order valence-corrected chi connectivity index (χ4v) is 2.84. The Morgan fingerprint density at radius 2 is 1.82 bits per heavy atom. The minimum atomic E-state index is -4.83. The zero-order valence-electron chi connectivity index (χ0n) is 9.70. The van der Waals surface area contributed by atoms with E-state index < -0.39 is 11.8 Å². The van der Waals surface area contributed by atoms with Crippen LogP contribution in [0.5, 0.6) is 0 Å². The first-order valence-corrected chi connectivity index (χ1v) is 6.46. The Morgan fingerprint density at radius 3 is 2.35 bits per heavy atom. The van der Waals surface area contributed by atoms with E-state index in [1.807, 2.05) is 0 Å². The van der Waals surface area contributed by atoms with Crippen molar-refractivity contribution >= 4 is 23.1 Å². The van der Waals surface area contributed by atoms with E-state index in [0.29, 0.717) is 6.54 Å². The SMILES string of the molecule is CN1CCN(Cc2ccc([B-](F)(F)F)s2)CC1. The molecule has 0 aliphatic carbocycles. The van der Waals surface area contributed by atoms with E-state index in [2.05, 4.69) is 16.8 Å². The number of thiophene rings is 1. The lowest BCUT2D eigenvalue weighted by Crippen LogP contribution is -2.43. The molecule has 7 heteroatoms. The van der Waals surface area contributed by atoms with Crippen molar-refractivity contribution in [1.82, 2.24) is 9.80 Å². The summed E-state index contributed by atoms with van der Waals surface area (Å²) in [5.74, 6) is 0. The Hall–Kier alpha value is -0.525. The quantitative estimate of drug-likeness (QED) is 0.763. The van der Waals surface area contributed by atoms with Crippen LogP contribution in [0, 0.1) is 0 Å². The Kier molecular flexibility index (Phi) is 3.80. The van der Waals surface area contributed by atoms with Gasteiger partial charge in [0.15, 0.2) is 0 Å². The van der Waals surface area contributed by atoms with E-state index in [4.69, 9.17) is 0 Å². The Bertz CT molecular complexity index is 372. The van der Waals surface area contributed by atoms with Crippen molar-refractivity contribution in [2.45, 2.75) is 6.54 Å². The maximum atomic E-state index is 12.5. The normalized spacial score (nSPS) is 19.8. The van der Waals surface area contributed by atoms with E-state index in [9.17, 15) is 12.9 Å². The van der Waals surface area contributed by atoms with Crippen LogP contribution in [0.15, 0.2) is 12.1 Å². The molecule has 1 fully saturated rings. The van der Waals surface area contributed by atoms with Gasteiger partial charge in [0.1, 0.15) is 0 Å². The molecule has 0 aromatic carbocycles. The maximum Gasteiger partial charge on any atom is 0.519 e. The molecule has 1 aliphatic heterocycles. The number of hydrogen-bond donors (Lipinski definition) is 0. The number of halogens is 3. The van der Waals surface area contributed by atoms with Crippen LogP contribution in [-0.4, -0.2) is 50.0 Å². The average molecular weight is 263 g/mol. The van der Waals surface area contributed by atoms with E-state index in [0.717, 1.165) is 42.4 Å². The van der Waals surface area contributed by atoms with Crippen molar-refractivity contribution in [3.8, 4) is 0 Å². The molecule has 1 saturated heterocycles. The minimum absolute atomic E-state index is 0.436. The summed E-state index contributed by atoms with van der Waals surface area (Å²) >= 11 is 0.882. The smallest absolute Gasteiger partial charge is 0.444 e. The highest BCUT2D eigenvalue weighted by Crippen LogP contribution is 2.18. The third-order valence-corrected chi connectivity index (χ3v) is 4.15. The van der Waals surface area contributed by atoms with Crippen molar-refractivity contribution in [3.63, 3.8) is 0 Å². The zero-order valence-corrected chi connectivity index (χ0v) is 10.5. The van der Waals surface area contributed by atoms with E-state index in [1.165, 1.54) is 6.07 Å². The summed E-state index contributed by atoms with van der Waals surface area (Å²) in [6.07, 6.45) is 0. The topological polar surface area (TPSA) is 6.48 Å². The molecule has 1 aliphatic rings. The second-order valence-corrected chi connectivity index (χ2v) is 5.66. The highest BCUT2D eigenvalue weighted by Gasteiger charge is 2.27. The molecule has 2 heterocycles. The van der Waals surface area contributed by atoms with Crippen LogP contribution in [0.1, 0.15) is 4.88 Å². The van der Waals surface area contributed by atoms with Gasteiger partial charge in [0, 0.05) is 37.6 Å². The minimum Gasteiger partial charge on any atom is -0.444 e. The number of piperazine rings is 1. The Labute approximate surface area is 103 Å². The lowest BCUT2D eigenvalue weighted by atomic mass is 9.90. The van der Waals surface area contributed by atoms with Crippen molar-refractivity contribution in [2.75, 3.05) is 33.2 Å². The summed E-state index contributed by atoms with van der Waals surface area (Å²) in [4.78, 5) is 5.25. The van der Waals surface area contributed by atoms with Crippen LogP contribution < -0.4 is 4.78 Å². The summed E-state index contributed by atoms with van der Waals surface area (Å²) in [5, 5.41) is 0. The third kappa shape index (κ3) is 3.47. The molecule has 1 aromatic rings. The summed E-state index contributed by atoms with van der Waals surface area (Å²) in [6.45, 7) is -0.349. The van der Waals surface area contributed by atoms with Crippen molar-refractivity contribution in [2.24, 2.45) is 0 Å². The molecule has 0 bridgehead atoms. The van der Waals surface area contributed by atoms with Gasteiger partial charge in [-0.25, -0.2) is 0 Å². The molecule has 0 amide bonds. The second-order valence-electron chi connectivity index (χ2n) is 4.46. The van der Waals surface area contributed by atoms with Gasteiger partial charge in [0.2, 0.25) is 0 Å². The van der Waals surface area contributed by atoms with Crippen molar-refractivity contribution in [1.29, 1.82) is 0 Å². The molecule has 0 unspecified atom stereocenters. The van der Waals surface area contributed by atoms with Gasteiger partial charge in [0.25, 0.3) is 0 Å². The fraction of sp³-hybridized carbons (Fsp3) is 0.600. The highest BCUT2D eigenvalue weighted by atomic mass is 32.1. The first-order valence-electron chi connectivity index (χ1n) is 5.64. The summed E-state index contributed by atoms with van der Waals surface area (Å²) in [7, 11) is 2.06. The van der Waals surface area contributed by atoms with Gasteiger partial charge in [-0.3, -0.25) is 4.90 Å². The molecule has 0 atom stereocenters. The van der Waals surface area contributed by atoms with Gasteiger partial charge in [-0.05, 0) is 13.1 Å². The van der Waals surface area contributed by atoms with E-state index >= 15 is 0 Å². The second kappa shape index (κ2) is 5.00. The average Bonchev–Trinajstić information content (AvgIpc) is 2.69. The standard InChI is InChI=1S/C10H15BF3N2S/c1-15-4-6-16(7-5-15)8-9-2-3-10(17-9)11(12,13)14/h2-3H,4-8H2,1H3/q-1. The highest BCUT2D eigenvalue weighted by molar-refractivity contribution is 7.23. The van der Waals surface area contributed by atoms with Gasteiger partial charge in [-0.1, -0.05) is 10.8 Å². The number of nitrogens with zero attached hydrogens (tertiary/aromatic N) is 2. The predicted octanol–water partition coefficient (Wildman–Crippen LogP) is 1.55. The number of hydrogen-bond acceptors (Lipinski definition) is 3.